The zero-order valence-corrected chi connectivity index (χ0v) is 12.3. The third-order valence-electron chi connectivity index (χ3n) is 4.50. The van der Waals surface area contributed by atoms with Gasteiger partial charge in [-0.3, -0.25) is 4.79 Å². The molecule has 0 saturated heterocycles. The Balaban J connectivity index is 1.87. The maximum absolute atomic E-state index is 12.1. The van der Waals surface area contributed by atoms with Crippen LogP contribution in [0.1, 0.15) is 53.6 Å². The van der Waals surface area contributed by atoms with Crippen LogP contribution < -0.4 is 5.56 Å². The molecule has 1 aromatic carbocycles. The summed E-state index contributed by atoms with van der Waals surface area (Å²) in [5.41, 5.74) is 1.35. The Morgan fingerprint density at radius 1 is 1.09 bits per heavy atom. The summed E-state index contributed by atoms with van der Waals surface area (Å²) >= 11 is 0. The van der Waals surface area contributed by atoms with Crippen molar-refractivity contribution in [3.63, 3.8) is 0 Å². The van der Waals surface area contributed by atoms with Crippen molar-refractivity contribution >= 4 is 5.97 Å². The first-order valence-corrected chi connectivity index (χ1v) is 7.65. The number of carboxylic acids is 1. The van der Waals surface area contributed by atoms with Crippen molar-refractivity contribution in [2.45, 2.75) is 37.6 Å². The molecule has 1 N–H and O–H groups in total. The maximum Gasteiger partial charge on any atom is 0.337 e. The van der Waals surface area contributed by atoms with Crippen molar-refractivity contribution in [3.05, 3.63) is 70.1 Å². The second-order valence-electron chi connectivity index (χ2n) is 5.90. The molecule has 0 aliphatic heterocycles. The van der Waals surface area contributed by atoms with Gasteiger partial charge in [0.2, 0.25) is 0 Å². The smallest absolute Gasteiger partial charge is 0.337 e. The van der Waals surface area contributed by atoms with Crippen LogP contribution in [-0.2, 0) is 0 Å². The van der Waals surface area contributed by atoms with Gasteiger partial charge in [0.25, 0.3) is 5.56 Å². The molecule has 3 rings (SSSR count). The lowest BCUT2D eigenvalue weighted by Crippen LogP contribution is -2.28. The Hall–Kier alpha value is -2.36. The molecule has 22 heavy (non-hydrogen) atoms. The minimum absolute atomic E-state index is 0.0748. The van der Waals surface area contributed by atoms with Crippen molar-refractivity contribution in [3.8, 4) is 0 Å². The molecule has 0 spiro atoms. The molecule has 0 unspecified atom stereocenters. The summed E-state index contributed by atoms with van der Waals surface area (Å²) in [6.45, 7) is 0. The Morgan fingerprint density at radius 2 is 1.86 bits per heavy atom. The van der Waals surface area contributed by atoms with E-state index in [4.69, 9.17) is 5.11 Å². The second kappa shape index (κ2) is 6.18. The van der Waals surface area contributed by atoms with Crippen LogP contribution in [0, 0.1) is 0 Å². The Kier molecular flexibility index (Phi) is 4.09. The zero-order chi connectivity index (χ0) is 15.5. The number of hydrogen-bond acceptors (Lipinski definition) is 2. The molecule has 2 aromatic rings. The van der Waals surface area contributed by atoms with E-state index in [1.165, 1.54) is 23.9 Å². The lowest BCUT2D eigenvalue weighted by Gasteiger charge is -2.31. The van der Waals surface area contributed by atoms with Crippen molar-refractivity contribution in [1.29, 1.82) is 0 Å². The molecule has 1 aliphatic carbocycles. The maximum atomic E-state index is 12.1. The molecule has 1 aliphatic rings. The molecule has 1 saturated carbocycles. The van der Waals surface area contributed by atoms with Gasteiger partial charge in [0.1, 0.15) is 0 Å². The molecule has 4 heteroatoms. The molecule has 114 valence electrons. The van der Waals surface area contributed by atoms with E-state index in [0.29, 0.717) is 5.92 Å². The van der Waals surface area contributed by atoms with Gasteiger partial charge in [-0.1, -0.05) is 36.8 Å². The number of nitrogens with zero attached hydrogens (tertiary/aromatic N) is 1. The topological polar surface area (TPSA) is 59.3 Å². The summed E-state index contributed by atoms with van der Waals surface area (Å²) < 4.78 is 1.61. The lowest BCUT2D eigenvalue weighted by molar-refractivity contribution is 0.0695. The fraction of sp³-hybridized carbons (Fsp3) is 0.333. The highest BCUT2D eigenvalue weighted by Gasteiger charge is 2.25. The standard InChI is InChI=1S/C18H19NO3/c20-17-10-9-15(18(21)22)12-19(17)16-8-4-7-14(11-16)13-5-2-1-3-6-13/h1-3,5-6,9-10,12,14,16H,4,7-8,11H2,(H,21,22)/t14-,16-/m1/s1. The molecule has 1 aromatic heterocycles. The lowest BCUT2D eigenvalue weighted by atomic mass is 9.81. The fourth-order valence-electron chi connectivity index (χ4n) is 3.36. The normalized spacial score (nSPS) is 21.5. The minimum Gasteiger partial charge on any atom is -0.478 e. The Bertz CT molecular complexity index is 721. The molecule has 0 amide bonds. The quantitative estimate of drug-likeness (QED) is 0.944. The van der Waals surface area contributed by atoms with Crippen molar-refractivity contribution in [2.75, 3.05) is 0 Å². The van der Waals surface area contributed by atoms with Crippen molar-refractivity contribution in [1.82, 2.24) is 4.57 Å². The molecule has 4 nitrogen and oxygen atoms in total. The van der Waals surface area contributed by atoms with Crippen LogP contribution in [0.4, 0.5) is 0 Å². The van der Waals surface area contributed by atoms with Gasteiger partial charge in [-0.05, 0) is 36.8 Å². The third kappa shape index (κ3) is 2.96. The zero-order valence-electron chi connectivity index (χ0n) is 12.3. The highest BCUT2D eigenvalue weighted by molar-refractivity contribution is 5.87. The Morgan fingerprint density at radius 3 is 2.59 bits per heavy atom. The van der Waals surface area contributed by atoms with E-state index < -0.39 is 5.97 Å². The fourth-order valence-corrected chi connectivity index (χ4v) is 3.36. The third-order valence-corrected chi connectivity index (χ3v) is 4.50. The summed E-state index contributed by atoms with van der Waals surface area (Å²) in [5, 5.41) is 9.11. The van der Waals surface area contributed by atoms with Crippen LogP contribution in [0.2, 0.25) is 0 Å². The monoisotopic (exact) mass is 297 g/mol. The molecular formula is C18H19NO3. The van der Waals surface area contributed by atoms with E-state index in [1.807, 2.05) is 18.2 Å². The summed E-state index contributed by atoms with van der Waals surface area (Å²) in [5.74, 6) is -0.565. The van der Waals surface area contributed by atoms with E-state index in [9.17, 15) is 9.59 Å². The SMILES string of the molecule is O=C(O)c1ccc(=O)n([C@@H]2CCC[C@@H](c3ccccc3)C2)c1. The number of pyridine rings is 1. The van der Waals surface area contributed by atoms with Crippen LogP contribution in [0.5, 0.6) is 0 Å². The van der Waals surface area contributed by atoms with E-state index in [2.05, 4.69) is 12.1 Å². The number of rotatable bonds is 3. The van der Waals surface area contributed by atoms with Crippen LogP contribution in [-0.4, -0.2) is 15.6 Å². The van der Waals surface area contributed by atoms with Crippen LogP contribution in [0.15, 0.2) is 53.5 Å². The summed E-state index contributed by atoms with van der Waals surface area (Å²) in [4.78, 5) is 23.2. The molecular weight excluding hydrogens is 278 g/mol. The van der Waals surface area contributed by atoms with Crippen molar-refractivity contribution < 1.29 is 9.90 Å². The van der Waals surface area contributed by atoms with Gasteiger partial charge in [0, 0.05) is 18.3 Å². The average Bonchev–Trinajstić information content (AvgIpc) is 2.56. The van der Waals surface area contributed by atoms with Gasteiger partial charge in [0.15, 0.2) is 0 Å². The molecule has 2 atom stereocenters. The van der Waals surface area contributed by atoms with Gasteiger partial charge >= 0.3 is 5.97 Å². The van der Waals surface area contributed by atoms with Crippen LogP contribution in [0.25, 0.3) is 0 Å². The first-order chi connectivity index (χ1) is 10.6. The van der Waals surface area contributed by atoms with Crippen molar-refractivity contribution in [2.24, 2.45) is 0 Å². The summed E-state index contributed by atoms with van der Waals surface area (Å²) in [6.07, 6.45) is 5.46. The second-order valence-corrected chi connectivity index (χ2v) is 5.90. The van der Waals surface area contributed by atoms with Crippen LogP contribution >= 0.6 is 0 Å². The highest BCUT2D eigenvalue weighted by atomic mass is 16.4. The number of carbonyl (C=O) groups is 1. The summed E-state index contributed by atoms with van der Waals surface area (Å²) in [7, 11) is 0. The number of hydrogen-bond donors (Lipinski definition) is 1. The van der Waals surface area contributed by atoms with Crippen LogP contribution in [0.3, 0.4) is 0 Å². The van der Waals surface area contributed by atoms with Gasteiger partial charge in [0.05, 0.1) is 5.56 Å². The van der Waals surface area contributed by atoms with E-state index in [1.54, 1.807) is 4.57 Å². The van der Waals surface area contributed by atoms with E-state index >= 15 is 0 Å². The minimum atomic E-state index is -0.996. The molecule has 0 radical (unpaired) electrons. The largest absolute Gasteiger partial charge is 0.478 e. The van der Waals surface area contributed by atoms with E-state index in [-0.39, 0.29) is 17.2 Å². The van der Waals surface area contributed by atoms with E-state index in [0.717, 1.165) is 25.7 Å². The molecule has 1 heterocycles. The highest BCUT2D eigenvalue weighted by Crippen LogP contribution is 2.38. The first-order valence-electron chi connectivity index (χ1n) is 7.65. The summed E-state index contributed by atoms with van der Waals surface area (Å²) in [6, 6.07) is 13.1. The van der Waals surface area contributed by atoms with Gasteiger partial charge in [-0.2, -0.15) is 0 Å². The number of benzene rings is 1. The molecule has 0 bridgehead atoms. The Labute approximate surface area is 129 Å². The number of carboxylic acid groups (broad SMARTS) is 1. The predicted molar refractivity (Wildman–Crippen MR) is 84.3 cm³/mol. The van der Waals surface area contributed by atoms with Gasteiger partial charge in [-0.25, -0.2) is 4.79 Å². The number of aromatic nitrogens is 1. The van der Waals surface area contributed by atoms with Gasteiger partial charge < -0.3 is 9.67 Å². The first kappa shape index (κ1) is 14.6. The molecule has 1 fully saturated rings. The predicted octanol–water partition coefficient (Wildman–Crippen LogP) is 3.45. The van der Waals surface area contributed by atoms with Gasteiger partial charge in [-0.15, -0.1) is 0 Å². The average molecular weight is 297 g/mol. The number of aromatic carboxylic acids is 1.